The van der Waals surface area contributed by atoms with Crippen LogP contribution in [0.1, 0.15) is 17.7 Å². The van der Waals surface area contributed by atoms with Crippen LogP contribution in [-0.2, 0) is 19.4 Å². The van der Waals surface area contributed by atoms with Crippen molar-refractivity contribution in [1.82, 2.24) is 4.90 Å². The van der Waals surface area contributed by atoms with Gasteiger partial charge in [-0.3, -0.25) is 14.5 Å². The van der Waals surface area contributed by atoms with Crippen molar-refractivity contribution >= 4 is 56.5 Å². The number of hydrogen-bond donors (Lipinski definition) is 0. The van der Waals surface area contributed by atoms with Gasteiger partial charge in [0.25, 0.3) is 11.8 Å². The second-order valence-corrected chi connectivity index (χ2v) is 11.7. The van der Waals surface area contributed by atoms with Gasteiger partial charge in [-0.05, 0) is 48.4 Å². The van der Waals surface area contributed by atoms with Crippen molar-refractivity contribution in [2.75, 3.05) is 11.5 Å². The van der Waals surface area contributed by atoms with E-state index in [1.54, 1.807) is 60.7 Å². The molecule has 0 saturated carbocycles. The zero-order valence-electron chi connectivity index (χ0n) is 19.1. The fourth-order valence-electron chi connectivity index (χ4n) is 4.55. The highest BCUT2D eigenvalue weighted by Crippen LogP contribution is 2.38. The van der Waals surface area contributed by atoms with Crippen molar-refractivity contribution in [3.63, 3.8) is 0 Å². The maximum atomic E-state index is 13.8. The Hall–Kier alpha value is -3.64. The van der Waals surface area contributed by atoms with Gasteiger partial charge in [-0.15, -0.1) is 0 Å². The van der Waals surface area contributed by atoms with Crippen LogP contribution in [-0.4, -0.2) is 42.7 Å². The summed E-state index contributed by atoms with van der Waals surface area (Å²) < 4.78 is 30.2. The molecule has 0 radical (unpaired) electrons. The van der Waals surface area contributed by atoms with Gasteiger partial charge in [0.2, 0.25) is 0 Å². The average Bonchev–Trinajstić information content (AvgIpc) is 3.48. The van der Waals surface area contributed by atoms with Crippen LogP contribution in [0.5, 0.6) is 0 Å². The van der Waals surface area contributed by atoms with Crippen molar-refractivity contribution in [1.29, 1.82) is 5.26 Å². The summed E-state index contributed by atoms with van der Waals surface area (Å²) in [5.41, 5.74) is 1.01. The summed E-state index contributed by atoms with van der Waals surface area (Å²) >= 11 is 12.4. The number of rotatable bonds is 4. The van der Waals surface area contributed by atoms with Gasteiger partial charge in [0.15, 0.2) is 9.84 Å². The lowest BCUT2D eigenvalue weighted by atomic mass is 9.87. The molecule has 0 spiro atoms. The predicted molar refractivity (Wildman–Crippen MR) is 140 cm³/mol. The Balaban J connectivity index is 1.66. The zero-order chi connectivity index (χ0) is 26.3. The molecular weight excluding hydrogens is 535 g/mol. The van der Waals surface area contributed by atoms with Crippen LogP contribution in [0.3, 0.4) is 0 Å². The number of halogens is 2. The van der Waals surface area contributed by atoms with E-state index in [1.807, 2.05) is 6.07 Å². The number of carbonyl (C=O) groups is 2. The molecule has 2 aliphatic heterocycles. The monoisotopic (exact) mass is 552 g/mol. The summed E-state index contributed by atoms with van der Waals surface area (Å²) in [5, 5.41) is 10.9. The largest absolute Gasteiger partial charge is 0.457 e. The summed E-state index contributed by atoms with van der Waals surface area (Å²) in [4.78, 5) is 28.0. The smallest absolute Gasteiger partial charge is 0.272 e. The van der Waals surface area contributed by atoms with Gasteiger partial charge >= 0.3 is 0 Å². The van der Waals surface area contributed by atoms with Crippen LogP contribution in [0.2, 0.25) is 10.0 Å². The molecule has 0 bridgehead atoms. The van der Waals surface area contributed by atoms with Gasteiger partial charge in [0, 0.05) is 16.2 Å². The molecule has 2 amide bonds. The quantitative estimate of drug-likeness (QED) is 0.326. The van der Waals surface area contributed by atoms with E-state index in [1.165, 1.54) is 6.08 Å². The molecule has 2 aromatic carbocycles. The van der Waals surface area contributed by atoms with Crippen LogP contribution in [0.25, 0.3) is 23.0 Å². The van der Waals surface area contributed by atoms with Crippen LogP contribution in [0, 0.1) is 11.3 Å². The highest BCUT2D eigenvalue weighted by Gasteiger charge is 2.45. The van der Waals surface area contributed by atoms with Gasteiger partial charge in [0.05, 0.1) is 28.1 Å². The summed E-state index contributed by atoms with van der Waals surface area (Å²) in [7, 11) is -3.40. The van der Waals surface area contributed by atoms with E-state index in [-0.39, 0.29) is 40.4 Å². The number of imide groups is 1. The van der Waals surface area contributed by atoms with Crippen LogP contribution < -0.4 is 0 Å². The minimum Gasteiger partial charge on any atom is -0.457 e. The second-order valence-electron chi connectivity index (χ2n) is 8.65. The first-order valence-corrected chi connectivity index (χ1v) is 13.8. The number of sulfone groups is 1. The molecule has 3 aromatic rings. The molecule has 186 valence electrons. The van der Waals surface area contributed by atoms with Crippen molar-refractivity contribution in [3.05, 3.63) is 93.2 Å². The standard InChI is InChI=1S/C27H18Cl2N2O5S/c28-17-6-8-23(29)20(12-17)24-9-7-19(36-24)13-21-25(16-4-2-1-3-5-16)22(14-30)27(33)31(26(21)32)18-10-11-37(34,35)15-18/h1-9,12-13,18H,10-11,15H2/b21-13-. The molecule has 1 aromatic heterocycles. The van der Waals surface area contributed by atoms with E-state index in [2.05, 4.69) is 0 Å². The summed E-state index contributed by atoms with van der Waals surface area (Å²) in [6, 6.07) is 17.9. The normalized spacial score (nSPS) is 20.5. The minimum atomic E-state index is -3.40. The van der Waals surface area contributed by atoms with E-state index in [0.29, 0.717) is 26.9 Å². The predicted octanol–water partition coefficient (Wildman–Crippen LogP) is 5.17. The lowest BCUT2D eigenvalue weighted by Crippen LogP contribution is -2.49. The van der Waals surface area contributed by atoms with E-state index >= 15 is 0 Å². The Kier molecular flexibility index (Phi) is 6.54. The van der Waals surface area contributed by atoms with E-state index in [9.17, 15) is 23.3 Å². The van der Waals surface area contributed by atoms with Crippen molar-refractivity contribution in [2.24, 2.45) is 0 Å². The third-order valence-electron chi connectivity index (χ3n) is 6.26. The van der Waals surface area contributed by atoms with Crippen molar-refractivity contribution < 1.29 is 22.4 Å². The molecule has 2 aliphatic rings. The molecule has 0 aliphatic carbocycles. The summed E-state index contributed by atoms with van der Waals surface area (Å²) in [5.74, 6) is -1.29. The first kappa shape index (κ1) is 25.0. The Morgan fingerprint density at radius 1 is 1.03 bits per heavy atom. The molecule has 1 saturated heterocycles. The topological polar surface area (TPSA) is 108 Å². The number of amides is 2. The molecule has 37 heavy (non-hydrogen) atoms. The third-order valence-corrected chi connectivity index (χ3v) is 8.57. The van der Waals surface area contributed by atoms with Crippen LogP contribution in [0.15, 0.2) is 76.2 Å². The average molecular weight is 553 g/mol. The van der Waals surface area contributed by atoms with Gasteiger partial charge in [-0.1, -0.05) is 53.5 Å². The summed E-state index contributed by atoms with van der Waals surface area (Å²) in [6.45, 7) is 0. The summed E-state index contributed by atoms with van der Waals surface area (Å²) in [6.07, 6.45) is 1.57. The second kappa shape index (κ2) is 9.67. The number of benzene rings is 2. The molecular formula is C27H18Cl2N2O5S. The maximum absolute atomic E-state index is 13.8. The highest BCUT2D eigenvalue weighted by molar-refractivity contribution is 7.91. The Bertz CT molecular complexity index is 1650. The molecule has 1 unspecified atom stereocenters. The highest BCUT2D eigenvalue weighted by atomic mass is 35.5. The van der Waals surface area contributed by atoms with Gasteiger partial charge in [-0.2, -0.15) is 5.26 Å². The van der Waals surface area contributed by atoms with Crippen molar-refractivity contribution in [2.45, 2.75) is 12.5 Å². The Morgan fingerprint density at radius 2 is 1.78 bits per heavy atom. The molecule has 0 N–H and O–H groups in total. The molecule has 7 nitrogen and oxygen atoms in total. The lowest BCUT2D eigenvalue weighted by molar-refractivity contribution is -0.142. The molecule has 1 fully saturated rings. The minimum absolute atomic E-state index is 0.0461. The third kappa shape index (κ3) is 4.74. The number of furan rings is 1. The van der Waals surface area contributed by atoms with E-state index < -0.39 is 27.7 Å². The van der Waals surface area contributed by atoms with Gasteiger partial charge in [-0.25, -0.2) is 8.42 Å². The van der Waals surface area contributed by atoms with Gasteiger partial charge in [0.1, 0.15) is 23.2 Å². The Labute approximate surface area is 223 Å². The number of carbonyl (C=O) groups excluding carboxylic acids is 2. The zero-order valence-corrected chi connectivity index (χ0v) is 21.5. The maximum Gasteiger partial charge on any atom is 0.272 e. The molecule has 1 atom stereocenters. The molecule has 3 heterocycles. The SMILES string of the molecule is N#CC1=C(c2ccccc2)/C(=C/c2ccc(-c3cc(Cl)ccc3Cl)o2)C(=O)N(C2CCS(=O)(=O)C2)C1=O. The first-order valence-electron chi connectivity index (χ1n) is 11.2. The Morgan fingerprint density at radius 3 is 2.46 bits per heavy atom. The van der Waals surface area contributed by atoms with E-state index in [0.717, 1.165) is 4.90 Å². The molecule has 5 rings (SSSR count). The van der Waals surface area contributed by atoms with E-state index in [4.69, 9.17) is 27.6 Å². The lowest BCUT2D eigenvalue weighted by Gasteiger charge is -2.32. The number of nitriles is 1. The van der Waals surface area contributed by atoms with Crippen molar-refractivity contribution in [3.8, 4) is 17.4 Å². The number of nitrogens with zero attached hydrogens (tertiary/aromatic N) is 2. The first-order chi connectivity index (χ1) is 17.7. The van der Waals surface area contributed by atoms with Gasteiger partial charge < -0.3 is 4.42 Å². The molecule has 10 heteroatoms. The fraction of sp³-hybridized carbons (Fsp3) is 0.148. The van der Waals surface area contributed by atoms with Crippen LogP contribution in [0.4, 0.5) is 0 Å². The number of hydrogen-bond acceptors (Lipinski definition) is 6. The fourth-order valence-corrected chi connectivity index (χ4v) is 6.63. The van der Waals surface area contributed by atoms with Crippen LogP contribution >= 0.6 is 23.2 Å².